The summed E-state index contributed by atoms with van der Waals surface area (Å²) in [4.78, 5) is 12.2. The van der Waals surface area contributed by atoms with Crippen LogP contribution in [0.2, 0.25) is 0 Å². The van der Waals surface area contributed by atoms with E-state index in [1.54, 1.807) is 12.1 Å². The zero-order chi connectivity index (χ0) is 13.3. The van der Waals surface area contributed by atoms with E-state index in [9.17, 15) is 4.79 Å². The van der Waals surface area contributed by atoms with Gasteiger partial charge >= 0.3 is 0 Å². The van der Waals surface area contributed by atoms with E-state index in [2.05, 4.69) is 6.07 Å². The van der Waals surface area contributed by atoms with E-state index in [0.717, 1.165) is 23.0 Å². The zero-order valence-corrected chi connectivity index (χ0v) is 10.9. The number of rotatable bonds is 3. The smallest absolute Gasteiger partial charge is 0.167 e. The predicted octanol–water partition coefficient (Wildman–Crippen LogP) is 3.37. The lowest BCUT2D eigenvalue weighted by Crippen LogP contribution is -2.06. The van der Waals surface area contributed by atoms with E-state index in [1.807, 2.05) is 37.6 Å². The normalized spacial score (nSPS) is 10.8. The second-order valence-electron chi connectivity index (χ2n) is 4.69. The maximum Gasteiger partial charge on any atom is 0.167 e. The summed E-state index contributed by atoms with van der Waals surface area (Å²) in [6, 6.07) is 7.62. The van der Waals surface area contributed by atoms with Crippen LogP contribution in [0.3, 0.4) is 0 Å². The summed E-state index contributed by atoms with van der Waals surface area (Å²) in [5.41, 5.74) is 2.33. The molecular formula is C15H16N2O. The Morgan fingerprint density at radius 2 is 2.17 bits per heavy atom. The maximum absolute atomic E-state index is 12.2. The van der Waals surface area contributed by atoms with Crippen LogP contribution in [0.4, 0.5) is 0 Å². The number of fused-ring (bicyclic) bond motifs is 1. The molecule has 0 bridgehead atoms. The zero-order valence-electron chi connectivity index (χ0n) is 10.9. The molecule has 0 aliphatic rings. The van der Waals surface area contributed by atoms with Gasteiger partial charge < -0.3 is 4.57 Å². The van der Waals surface area contributed by atoms with Crippen LogP contribution in [-0.4, -0.2) is 10.4 Å². The molecule has 0 N–H and O–H groups in total. The van der Waals surface area contributed by atoms with E-state index in [1.165, 1.54) is 0 Å². The molecule has 2 rings (SSSR count). The summed E-state index contributed by atoms with van der Waals surface area (Å²) in [5.74, 6) is 0.0916. The molecule has 2 aromatic rings. The third-order valence-corrected chi connectivity index (χ3v) is 3.14. The monoisotopic (exact) mass is 240 g/mol. The van der Waals surface area contributed by atoms with E-state index < -0.39 is 0 Å². The lowest BCUT2D eigenvalue weighted by molar-refractivity contribution is 0.0941. The average Bonchev–Trinajstić information content (AvgIpc) is 2.75. The lowest BCUT2D eigenvalue weighted by atomic mass is 10.00. The van der Waals surface area contributed by atoms with Gasteiger partial charge in [-0.3, -0.25) is 4.79 Å². The van der Waals surface area contributed by atoms with Gasteiger partial charge in [0.15, 0.2) is 5.78 Å². The molecule has 18 heavy (non-hydrogen) atoms. The summed E-state index contributed by atoms with van der Waals surface area (Å²) in [6.07, 6.45) is 1.90. The number of Topliss-reactive ketones (excluding diaryl/α,β-unsaturated/α-hetero) is 1. The number of benzene rings is 1. The molecule has 1 heterocycles. The number of nitrogens with zero attached hydrogens (tertiary/aromatic N) is 2. The molecule has 0 spiro atoms. The Kier molecular flexibility index (Phi) is 3.20. The van der Waals surface area contributed by atoms with Gasteiger partial charge in [-0.2, -0.15) is 5.26 Å². The first kappa shape index (κ1) is 12.4. The number of hydrogen-bond acceptors (Lipinski definition) is 2. The Morgan fingerprint density at radius 1 is 1.44 bits per heavy atom. The lowest BCUT2D eigenvalue weighted by Gasteiger charge is -2.01. The summed E-state index contributed by atoms with van der Waals surface area (Å²) < 4.78 is 2.05. The van der Waals surface area contributed by atoms with Crippen molar-refractivity contribution in [2.45, 2.75) is 27.3 Å². The first-order valence-corrected chi connectivity index (χ1v) is 6.15. The molecule has 0 fully saturated rings. The second-order valence-corrected chi connectivity index (χ2v) is 4.69. The van der Waals surface area contributed by atoms with Crippen molar-refractivity contribution in [2.75, 3.05) is 0 Å². The molecule has 0 saturated carbocycles. The maximum atomic E-state index is 12.2. The van der Waals surface area contributed by atoms with Crippen LogP contribution in [0, 0.1) is 17.2 Å². The van der Waals surface area contributed by atoms with Crippen molar-refractivity contribution in [1.29, 1.82) is 5.26 Å². The van der Waals surface area contributed by atoms with Gasteiger partial charge in [0, 0.05) is 35.1 Å². The summed E-state index contributed by atoms with van der Waals surface area (Å²) in [7, 11) is 0. The molecule has 3 heteroatoms. The number of hydrogen-bond donors (Lipinski definition) is 0. The van der Waals surface area contributed by atoms with Crippen LogP contribution >= 0.6 is 0 Å². The molecule has 1 aromatic heterocycles. The number of aryl methyl sites for hydroxylation is 1. The molecule has 0 aliphatic heterocycles. The first-order valence-electron chi connectivity index (χ1n) is 6.15. The Morgan fingerprint density at radius 3 is 2.72 bits per heavy atom. The van der Waals surface area contributed by atoms with Gasteiger partial charge in [-0.05, 0) is 25.1 Å². The molecule has 0 unspecified atom stereocenters. The molecule has 0 atom stereocenters. The summed E-state index contributed by atoms with van der Waals surface area (Å²) in [6.45, 7) is 6.65. The summed E-state index contributed by atoms with van der Waals surface area (Å²) in [5, 5.41) is 9.84. The Labute approximate surface area is 107 Å². The third-order valence-electron chi connectivity index (χ3n) is 3.14. The molecule has 0 saturated heterocycles. The highest BCUT2D eigenvalue weighted by Gasteiger charge is 2.17. The highest BCUT2D eigenvalue weighted by molar-refractivity contribution is 6.09. The first-order chi connectivity index (χ1) is 8.58. The van der Waals surface area contributed by atoms with Crippen molar-refractivity contribution in [3.63, 3.8) is 0 Å². The summed E-state index contributed by atoms with van der Waals surface area (Å²) >= 11 is 0. The third kappa shape index (κ3) is 1.91. The van der Waals surface area contributed by atoms with Crippen molar-refractivity contribution in [3.05, 3.63) is 35.5 Å². The fourth-order valence-corrected chi connectivity index (χ4v) is 2.14. The van der Waals surface area contributed by atoms with Gasteiger partial charge in [-0.1, -0.05) is 13.8 Å². The fourth-order valence-electron chi connectivity index (χ4n) is 2.14. The van der Waals surface area contributed by atoms with Crippen molar-refractivity contribution >= 4 is 16.7 Å². The van der Waals surface area contributed by atoms with Gasteiger partial charge in [0.05, 0.1) is 11.6 Å². The van der Waals surface area contributed by atoms with Crippen molar-refractivity contribution in [1.82, 2.24) is 4.57 Å². The van der Waals surface area contributed by atoms with E-state index in [4.69, 9.17) is 5.26 Å². The quantitative estimate of drug-likeness (QED) is 0.772. The minimum atomic E-state index is -0.0355. The number of ketones is 1. The van der Waals surface area contributed by atoms with Crippen LogP contribution in [-0.2, 0) is 6.54 Å². The van der Waals surface area contributed by atoms with E-state index in [0.29, 0.717) is 5.56 Å². The fraction of sp³-hybridized carbons (Fsp3) is 0.333. The van der Waals surface area contributed by atoms with E-state index in [-0.39, 0.29) is 11.7 Å². The van der Waals surface area contributed by atoms with Gasteiger partial charge in [-0.15, -0.1) is 0 Å². The second kappa shape index (κ2) is 4.66. The Balaban J connectivity index is 2.73. The Hall–Kier alpha value is -2.08. The molecular weight excluding hydrogens is 224 g/mol. The molecule has 0 radical (unpaired) electrons. The van der Waals surface area contributed by atoms with Gasteiger partial charge in [0.2, 0.25) is 0 Å². The van der Waals surface area contributed by atoms with Gasteiger partial charge in [0.1, 0.15) is 0 Å². The van der Waals surface area contributed by atoms with Crippen molar-refractivity contribution in [2.24, 2.45) is 5.92 Å². The largest absolute Gasteiger partial charge is 0.347 e. The predicted molar refractivity (Wildman–Crippen MR) is 71.5 cm³/mol. The number of carbonyl (C=O) groups excluding carboxylic acids is 1. The molecule has 0 aliphatic carbocycles. The highest BCUT2D eigenvalue weighted by Crippen LogP contribution is 2.25. The van der Waals surface area contributed by atoms with Crippen LogP contribution in [0.25, 0.3) is 10.9 Å². The number of carbonyl (C=O) groups is 1. The van der Waals surface area contributed by atoms with Crippen LogP contribution < -0.4 is 0 Å². The van der Waals surface area contributed by atoms with Crippen molar-refractivity contribution < 1.29 is 4.79 Å². The van der Waals surface area contributed by atoms with Gasteiger partial charge in [0.25, 0.3) is 0 Å². The Bertz CT molecular complexity index is 644. The van der Waals surface area contributed by atoms with E-state index >= 15 is 0 Å². The number of aromatic nitrogens is 1. The minimum Gasteiger partial charge on any atom is -0.347 e. The molecule has 3 nitrogen and oxygen atoms in total. The van der Waals surface area contributed by atoms with Gasteiger partial charge in [-0.25, -0.2) is 0 Å². The molecule has 92 valence electrons. The minimum absolute atomic E-state index is 0.0355. The van der Waals surface area contributed by atoms with Crippen LogP contribution in [0.1, 0.15) is 36.7 Å². The molecule has 1 aromatic carbocycles. The van der Waals surface area contributed by atoms with Crippen LogP contribution in [0.15, 0.2) is 24.4 Å². The standard InChI is InChI=1S/C15H16N2O/c1-4-17-9-13(15(18)10(2)3)12-7-11(8-16)5-6-14(12)17/h5-7,9-10H,4H2,1-3H3. The van der Waals surface area contributed by atoms with Crippen molar-refractivity contribution in [3.8, 4) is 6.07 Å². The number of nitriles is 1. The SMILES string of the molecule is CCn1cc(C(=O)C(C)C)c2cc(C#N)ccc21. The average molecular weight is 240 g/mol. The topological polar surface area (TPSA) is 45.8 Å². The molecule has 0 amide bonds. The van der Waals surface area contributed by atoms with Crippen LogP contribution in [0.5, 0.6) is 0 Å². The highest BCUT2D eigenvalue weighted by atomic mass is 16.1.